The summed E-state index contributed by atoms with van der Waals surface area (Å²) in [5, 5.41) is 11.3. The highest BCUT2D eigenvalue weighted by Crippen LogP contribution is 2.40. The van der Waals surface area contributed by atoms with E-state index in [4.69, 9.17) is 27.9 Å². The molecule has 136 valence electrons. The van der Waals surface area contributed by atoms with Crippen LogP contribution in [0.2, 0.25) is 10.2 Å². The van der Waals surface area contributed by atoms with Crippen LogP contribution in [0.4, 0.5) is 13.2 Å². The van der Waals surface area contributed by atoms with E-state index in [1.807, 2.05) is 0 Å². The van der Waals surface area contributed by atoms with E-state index in [1.54, 1.807) is 19.2 Å². The van der Waals surface area contributed by atoms with Crippen molar-refractivity contribution in [2.75, 3.05) is 0 Å². The van der Waals surface area contributed by atoms with E-state index >= 15 is 0 Å². The lowest BCUT2D eigenvalue weighted by Crippen LogP contribution is -2.27. The van der Waals surface area contributed by atoms with E-state index in [2.05, 4.69) is 15.3 Å². The third-order valence-electron chi connectivity index (χ3n) is 3.40. The molecule has 3 rings (SSSR count). The number of nitrogens with zero attached hydrogens (tertiary/aromatic N) is 4. The molecule has 26 heavy (non-hydrogen) atoms. The van der Waals surface area contributed by atoms with E-state index in [9.17, 15) is 13.2 Å². The van der Waals surface area contributed by atoms with Crippen LogP contribution in [0.1, 0.15) is 17.4 Å². The van der Waals surface area contributed by atoms with Gasteiger partial charge >= 0.3 is 6.18 Å². The van der Waals surface area contributed by atoms with Gasteiger partial charge in [-0.1, -0.05) is 29.3 Å². The Morgan fingerprint density at radius 2 is 1.92 bits per heavy atom. The lowest BCUT2D eigenvalue weighted by atomic mass is 10.1. The van der Waals surface area contributed by atoms with Crippen LogP contribution in [-0.2, 0) is 0 Å². The highest BCUT2D eigenvalue weighted by Gasteiger charge is 2.44. The molecule has 5 nitrogen and oxygen atoms in total. The van der Waals surface area contributed by atoms with Gasteiger partial charge in [-0.05, 0) is 25.1 Å². The van der Waals surface area contributed by atoms with Gasteiger partial charge < -0.3 is 4.74 Å². The molecule has 0 aliphatic heterocycles. The van der Waals surface area contributed by atoms with Crippen LogP contribution in [0.25, 0.3) is 5.69 Å². The topological polar surface area (TPSA) is 52.8 Å². The summed E-state index contributed by atoms with van der Waals surface area (Å²) in [4.78, 5) is 0. The fourth-order valence-corrected chi connectivity index (χ4v) is 2.64. The lowest BCUT2D eigenvalue weighted by molar-refractivity contribution is -0.198. The van der Waals surface area contributed by atoms with Crippen LogP contribution in [0.5, 0.6) is 5.75 Å². The van der Waals surface area contributed by atoms with Crippen LogP contribution in [-0.4, -0.2) is 26.2 Å². The van der Waals surface area contributed by atoms with Gasteiger partial charge in [0.1, 0.15) is 5.75 Å². The Labute approximate surface area is 156 Å². The molecular weight excluding hydrogens is 392 g/mol. The van der Waals surface area contributed by atoms with Crippen molar-refractivity contribution in [2.24, 2.45) is 0 Å². The summed E-state index contributed by atoms with van der Waals surface area (Å²) in [5.41, 5.74) is 0.643. The fraction of sp³-hybridized carbons (Fsp3) is 0.188. The van der Waals surface area contributed by atoms with Crippen LogP contribution < -0.4 is 4.74 Å². The zero-order chi connectivity index (χ0) is 18.9. The number of alkyl halides is 3. The van der Waals surface area contributed by atoms with Crippen molar-refractivity contribution in [3.8, 4) is 11.4 Å². The van der Waals surface area contributed by atoms with Crippen LogP contribution in [0.15, 0.2) is 42.7 Å². The summed E-state index contributed by atoms with van der Waals surface area (Å²) in [6.45, 7) is 1.73. The average Bonchev–Trinajstić information content (AvgIpc) is 2.98. The molecule has 0 saturated carbocycles. The molecule has 0 amide bonds. The van der Waals surface area contributed by atoms with Gasteiger partial charge in [0, 0.05) is 22.8 Å². The first kappa shape index (κ1) is 18.5. The minimum absolute atomic E-state index is 0.0811. The first-order chi connectivity index (χ1) is 12.2. The Bertz CT molecular complexity index is 930. The Morgan fingerprint density at radius 1 is 1.15 bits per heavy atom. The second kappa shape index (κ2) is 7.13. The number of rotatable bonds is 4. The first-order valence-corrected chi connectivity index (χ1v) is 8.03. The highest BCUT2D eigenvalue weighted by atomic mass is 35.5. The molecule has 0 unspecified atom stereocenters. The Kier molecular flexibility index (Phi) is 5.06. The van der Waals surface area contributed by atoms with Gasteiger partial charge in [-0.3, -0.25) is 0 Å². The van der Waals surface area contributed by atoms with Crippen LogP contribution >= 0.6 is 23.2 Å². The number of aryl methyl sites for hydroxylation is 1. The van der Waals surface area contributed by atoms with Gasteiger partial charge in [-0.15, -0.1) is 5.10 Å². The number of hydrogen-bond donors (Lipinski definition) is 0. The Balaban J connectivity index is 2.10. The first-order valence-electron chi connectivity index (χ1n) is 7.28. The number of ether oxygens (including phenoxy) is 1. The zero-order valence-electron chi connectivity index (χ0n) is 13.2. The Hall–Kier alpha value is -2.32. The second-order valence-corrected chi connectivity index (χ2v) is 6.18. The third kappa shape index (κ3) is 4.08. The van der Waals surface area contributed by atoms with E-state index in [0.717, 1.165) is 12.3 Å². The summed E-state index contributed by atoms with van der Waals surface area (Å²) in [7, 11) is 0. The Morgan fingerprint density at radius 3 is 2.54 bits per heavy atom. The maximum absolute atomic E-state index is 13.7. The molecule has 3 aromatic rings. The summed E-state index contributed by atoms with van der Waals surface area (Å²) in [5.74, 6) is -0.162. The second-order valence-electron chi connectivity index (χ2n) is 5.36. The zero-order valence-corrected chi connectivity index (χ0v) is 14.7. The van der Waals surface area contributed by atoms with Gasteiger partial charge in [-0.25, -0.2) is 4.68 Å². The van der Waals surface area contributed by atoms with Gasteiger partial charge in [0.2, 0.25) is 6.10 Å². The summed E-state index contributed by atoms with van der Waals surface area (Å²) < 4.78 is 47.7. The molecule has 2 heterocycles. The summed E-state index contributed by atoms with van der Waals surface area (Å²) in [6.07, 6.45) is -4.39. The fourth-order valence-electron chi connectivity index (χ4n) is 2.32. The summed E-state index contributed by atoms with van der Waals surface area (Å²) in [6, 6.07) is 6.82. The highest BCUT2D eigenvalue weighted by molar-refractivity contribution is 6.30. The normalized spacial score (nSPS) is 12.8. The number of aromatic nitrogens is 4. The molecule has 10 heteroatoms. The molecule has 0 fully saturated rings. The van der Waals surface area contributed by atoms with Crippen molar-refractivity contribution >= 4 is 23.2 Å². The van der Waals surface area contributed by atoms with Gasteiger partial charge in [0.05, 0.1) is 17.6 Å². The van der Waals surface area contributed by atoms with Crippen molar-refractivity contribution in [3.05, 3.63) is 64.2 Å². The molecular formula is C16H11Cl2F3N4O. The maximum Gasteiger partial charge on any atom is 0.429 e. The van der Waals surface area contributed by atoms with E-state index in [0.29, 0.717) is 5.69 Å². The van der Waals surface area contributed by atoms with Gasteiger partial charge in [0.25, 0.3) is 0 Å². The summed E-state index contributed by atoms with van der Waals surface area (Å²) >= 11 is 11.6. The maximum atomic E-state index is 13.7. The molecule has 0 aliphatic carbocycles. The molecule has 0 aliphatic rings. The van der Waals surface area contributed by atoms with Crippen molar-refractivity contribution in [2.45, 2.75) is 19.2 Å². The minimum atomic E-state index is -4.71. The SMILES string of the molecule is Cc1ccn(-c2cc(Cl)ccc2[C@@H](Oc2cnnc(Cl)c2)C(F)(F)F)n1. The van der Waals surface area contributed by atoms with E-state index < -0.39 is 12.3 Å². The van der Waals surface area contributed by atoms with E-state index in [1.165, 1.54) is 22.9 Å². The third-order valence-corrected chi connectivity index (χ3v) is 3.81. The molecule has 1 aromatic carbocycles. The van der Waals surface area contributed by atoms with Gasteiger partial charge in [-0.2, -0.15) is 23.4 Å². The number of halogens is 5. The molecule has 0 N–H and O–H groups in total. The van der Waals surface area contributed by atoms with Crippen molar-refractivity contribution in [3.63, 3.8) is 0 Å². The predicted molar refractivity (Wildman–Crippen MR) is 89.8 cm³/mol. The number of hydrogen-bond acceptors (Lipinski definition) is 4. The molecule has 0 spiro atoms. The quantitative estimate of drug-likeness (QED) is 0.618. The average molecular weight is 403 g/mol. The van der Waals surface area contributed by atoms with Crippen molar-refractivity contribution in [1.29, 1.82) is 0 Å². The molecule has 2 aromatic heterocycles. The smallest absolute Gasteiger partial charge is 0.429 e. The molecule has 0 radical (unpaired) electrons. The van der Waals surface area contributed by atoms with Crippen molar-refractivity contribution < 1.29 is 17.9 Å². The number of benzene rings is 1. The monoisotopic (exact) mass is 402 g/mol. The lowest BCUT2D eigenvalue weighted by Gasteiger charge is -2.24. The predicted octanol–water partition coefficient (Wildman–Crippen LogP) is 4.96. The van der Waals surface area contributed by atoms with Crippen LogP contribution in [0, 0.1) is 6.92 Å². The molecule has 0 saturated heterocycles. The molecule has 0 bridgehead atoms. The van der Waals surface area contributed by atoms with Gasteiger partial charge in [0.15, 0.2) is 5.15 Å². The van der Waals surface area contributed by atoms with E-state index in [-0.39, 0.29) is 27.2 Å². The molecule has 1 atom stereocenters. The van der Waals surface area contributed by atoms with Crippen LogP contribution in [0.3, 0.4) is 0 Å². The standard InChI is InChI=1S/C16H11Cl2F3N4O/c1-9-4-5-25(24-9)13-6-10(17)2-3-12(13)15(16(19,20)21)26-11-7-14(18)23-22-8-11/h2-8,15H,1H3/t15-/m1/s1. The van der Waals surface area contributed by atoms with Crippen molar-refractivity contribution in [1.82, 2.24) is 20.0 Å². The largest absolute Gasteiger partial charge is 0.474 e. The minimum Gasteiger partial charge on any atom is -0.474 e.